The molecule has 0 fully saturated rings. The second-order valence-corrected chi connectivity index (χ2v) is 10.6. The Bertz CT molecular complexity index is 1320. The van der Waals surface area contributed by atoms with Gasteiger partial charge in [0.2, 0.25) is 10.0 Å². The van der Waals surface area contributed by atoms with Crippen molar-refractivity contribution in [2.75, 3.05) is 22.4 Å². The maximum absolute atomic E-state index is 13.0. The molecule has 1 N–H and O–H groups in total. The number of benzene rings is 2. The average molecular weight is 466 g/mol. The van der Waals surface area contributed by atoms with E-state index in [0.717, 1.165) is 61.4 Å². The van der Waals surface area contributed by atoms with Crippen molar-refractivity contribution in [3.8, 4) is 11.4 Å². The van der Waals surface area contributed by atoms with Crippen molar-refractivity contribution in [3.05, 3.63) is 59.4 Å². The summed E-state index contributed by atoms with van der Waals surface area (Å²) in [4.78, 5) is 13.0. The van der Waals surface area contributed by atoms with Crippen LogP contribution in [0.4, 0.5) is 11.4 Å². The first-order valence-corrected chi connectivity index (χ1v) is 13.2. The van der Waals surface area contributed by atoms with Crippen molar-refractivity contribution >= 4 is 27.3 Å². The zero-order valence-electron chi connectivity index (χ0n) is 18.6. The van der Waals surface area contributed by atoms with Crippen LogP contribution in [0, 0.1) is 0 Å². The van der Waals surface area contributed by atoms with Crippen molar-refractivity contribution in [1.82, 2.24) is 14.8 Å². The Balaban J connectivity index is 1.38. The molecule has 3 heterocycles. The SMILES string of the molecule is CS(=O)(=O)N1CCCc2cc(C(=O)Nc3cccc(-c4nnc5n4CCCCC5)c3)ccc21. The molecule has 9 heteroatoms. The Hall–Kier alpha value is -3.20. The number of carbonyl (C=O) groups excluding carboxylic acids is 1. The molecule has 0 unspecified atom stereocenters. The number of sulfonamides is 1. The summed E-state index contributed by atoms with van der Waals surface area (Å²) in [5, 5.41) is 11.8. The zero-order valence-corrected chi connectivity index (χ0v) is 19.4. The Morgan fingerprint density at radius 1 is 0.970 bits per heavy atom. The number of anilines is 2. The predicted octanol–water partition coefficient (Wildman–Crippen LogP) is 3.64. The lowest BCUT2D eigenvalue weighted by Gasteiger charge is -2.29. The highest BCUT2D eigenvalue weighted by atomic mass is 32.2. The van der Waals surface area contributed by atoms with Crippen LogP contribution in [0.25, 0.3) is 11.4 Å². The van der Waals surface area contributed by atoms with Gasteiger partial charge in [-0.1, -0.05) is 18.6 Å². The summed E-state index contributed by atoms with van der Waals surface area (Å²) < 4.78 is 27.8. The molecule has 8 nitrogen and oxygen atoms in total. The summed E-state index contributed by atoms with van der Waals surface area (Å²) in [6.07, 6.45) is 7.08. The number of fused-ring (bicyclic) bond motifs is 2. The molecule has 0 aliphatic carbocycles. The molecule has 0 saturated carbocycles. The van der Waals surface area contributed by atoms with E-state index in [1.165, 1.54) is 17.0 Å². The van der Waals surface area contributed by atoms with E-state index in [2.05, 4.69) is 20.1 Å². The topological polar surface area (TPSA) is 97.2 Å². The molecule has 2 aliphatic heterocycles. The Labute approximate surface area is 193 Å². The minimum atomic E-state index is -3.34. The molecular formula is C24H27N5O3S. The average Bonchev–Trinajstić information content (AvgIpc) is 3.06. The van der Waals surface area contributed by atoms with Crippen LogP contribution in [0.2, 0.25) is 0 Å². The van der Waals surface area contributed by atoms with E-state index in [-0.39, 0.29) is 5.91 Å². The molecule has 2 aromatic carbocycles. The molecule has 172 valence electrons. The fourth-order valence-corrected chi connectivity index (χ4v) is 5.68. The largest absolute Gasteiger partial charge is 0.322 e. The van der Waals surface area contributed by atoms with E-state index < -0.39 is 10.0 Å². The van der Waals surface area contributed by atoms with Gasteiger partial charge in [-0.2, -0.15) is 0 Å². The van der Waals surface area contributed by atoms with E-state index in [9.17, 15) is 13.2 Å². The van der Waals surface area contributed by atoms with Crippen LogP contribution < -0.4 is 9.62 Å². The first-order valence-electron chi connectivity index (χ1n) is 11.3. The number of aromatic nitrogens is 3. The van der Waals surface area contributed by atoms with Crippen molar-refractivity contribution in [3.63, 3.8) is 0 Å². The summed E-state index contributed by atoms with van der Waals surface area (Å²) in [5.74, 6) is 1.62. The van der Waals surface area contributed by atoms with E-state index in [1.807, 2.05) is 24.3 Å². The molecule has 3 aromatic rings. The van der Waals surface area contributed by atoms with Gasteiger partial charge in [0.1, 0.15) is 5.82 Å². The Morgan fingerprint density at radius 3 is 2.70 bits per heavy atom. The van der Waals surface area contributed by atoms with Gasteiger partial charge in [-0.05, 0) is 61.6 Å². The molecule has 0 atom stereocenters. The van der Waals surface area contributed by atoms with E-state index in [4.69, 9.17) is 0 Å². The maximum Gasteiger partial charge on any atom is 0.255 e. The normalized spacial score (nSPS) is 16.0. The Morgan fingerprint density at radius 2 is 1.85 bits per heavy atom. The highest BCUT2D eigenvalue weighted by Crippen LogP contribution is 2.30. The van der Waals surface area contributed by atoms with Crippen molar-refractivity contribution in [1.29, 1.82) is 0 Å². The monoisotopic (exact) mass is 465 g/mol. The Kier molecular flexibility index (Phi) is 5.65. The lowest BCUT2D eigenvalue weighted by molar-refractivity contribution is 0.102. The van der Waals surface area contributed by atoms with Crippen molar-refractivity contribution in [2.24, 2.45) is 0 Å². The molecule has 0 radical (unpaired) electrons. The van der Waals surface area contributed by atoms with Gasteiger partial charge < -0.3 is 9.88 Å². The summed E-state index contributed by atoms with van der Waals surface area (Å²) in [6.45, 7) is 1.38. The predicted molar refractivity (Wildman–Crippen MR) is 128 cm³/mol. The van der Waals surface area contributed by atoms with Gasteiger partial charge in [-0.15, -0.1) is 10.2 Å². The van der Waals surface area contributed by atoms with Gasteiger partial charge >= 0.3 is 0 Å². The van der Waals surface area contributed by atoms with Crippen LogP contribution >= 0.6 is 0 Å². The number of nitrogens with zero attached hydrogens (tertiary/aromatic N) is 4. The minimum Gasteiger partial charge on any atom is -0.322 e. The lowest BCUT2D eigenvalue weighted by Crippen LogP contribution is -2.34. The second kappa shape index (κ2) is 8.62. The highest BCUT2D eigenvalue weighted by molar-refractivity contribution is 7.92. The third-order valence-corrected chi connectivity index (χ3v) is 7.49. The fraction of sp³-hybridized carbons (Fsp3) is 0.375. The van der Waals surface area contributed by atoms with Crippen LogP contribution in [0.15, 0.2) is 42.5 Å². The standard InChI is InChI=1S/C24H27N5O3S/c1-33(31,32)29-14-6-8-17-15-19(11-12-21(17)29)24(30)25-20-9-5-7-18(16-20)23-27-26-22-10-3-2-4-13-28(22)23/h5,7,9,11-12,15-16H,2-4,6,8,10,13-14H2,1H3,(H,25,30). The van der Waals surface area contributed by atoms with Crippen LogP contribution in [0.1, 0.15) is 47.4 Å². The molecule has 0 saturated heterocycles. The lowest BCUT2D eigenvalue weighted by atomic mass is 10.0. The highest BCUT2D eigenvalue weighted by Gasteiger charge is 2.25. The number of hydrogen-bond acceptors (Lipinski definition) is 5. The molecule has 1 amide bonds. The van der Waals surface area contributed by atoms with Crippen molar-refractivity contribution < 1.29 is 13.2 Å². The van der Waals surface area contributed by atoms with Crippen LogP contribution in [0.3, 0.4) is 0 Å². The quantitative estimate of drug-likeness (QED) is 0.635. The third-order valence-electron chi connectivity index (χ3n) is 6.31. The summed E-state index contributed by atoms with van der Waals surface area (Å²) in [5.41, 5.74) is 3.64. The third kappa shape index (κ3) is 4.37. The number of hydrogen-bond donors (Lipinski definition) is 1. The molecule has 1 aromatic heterocycles. The molecule has 2 aliphatic rings. The van der Waals surface area contributed by atoms with Crippen LogP contribution in [-0.2, 0) is 29.4 Å². The molecular weight excluding hydrogens is 438 g/mol. The van der Waals surface area contributed by atoms with Gasteiger partial charge in [-0.25, -0.2) is 8.42 Å². The van der Waals surface area contributed by atoms with E-state index >= 15 is 0 Å². The number of amides is 1. The van der Waals surface area contributed by atoms with E-state index in [1.54, 1.807) is 18.2 Å². The van der Waals surface area contributed by atoms with Gasteiger partial charge in [0, 0.05) is 36.3 Å². The zero-order chi connectivity index (χ0) is 23.0. The van der Waals surface area contributed by atoms with Gasteiger partial charge in [0.15, 0.2) is 5.82 Å². The molecule has 0 spiro atoms. The van der Waals surface area contributed by atoms with Gasteiger partial charge in [-0.3, -0.25) is 9.10 Å². The first kappa shape index (κ1) is 21.6. The number of carbonyl (C=O) groups is 1. The fourth-order valence-electron chi connectivity index (χ4n) is 4.69. The van der Waals surface area contributed by atoms with Gasteiger partial charge in [0.05, 0.1) is 11.9 Å². The summed E-state index contributed by atoms with van der Waals surface area (Å²) in [7, 11) is -3.34. The van der Waals surface area contributed by atoms with E-state index in [0.29, 0.717) is 23.5 Å². The summed E-state index contributed by atoms with van der Waals surface area (Å²) >= 11 is 0. The van der Waals surface area contributed by atoms with Crippen LogP contribution in [0.5, 0.6) is 0 Å². The smallest absolute Gasteiger partial charge is 0.255 e. The number of aryl methyl sites for hydroxylation is 2. The summed E-state index contributed by atoms with van der Waals surface area (Å²) in [6, 6.07) is 12.9. The molecule has 0 bridgehead atoms. The first-order chi connectivity index (χ1) is 15.9. The second-order valence-electron chi connectivity index (χ2n) is 8.72. The number of nitrogens with one attached hydrogen (secondary N) is 1. The molecule has 33 heavy (non-hydrogen) atoms. The van der Waals surface area contributed by atoms with Crippen LogP contribution in [-0.4, -0.2) is 41.9 Å². The minimum absolute atomic E-state index is 0.230. The maximum atomic E-state index is 13.0. The molecule has 5 rings (SSSR count). The number of rotatable bonds is 4. The van der Waals surface area contributed by atoms with Gasteiger partial charge in [0.25, 0.3) is 5.91 Å². The van der Waals surface area contributed by atoms with Crippen molar-refractivity contribution in [2.45, 2.75) is 45.1 Å².